The molecule has 12 heteroatoms. The van der Waals surface area contributed by atoms with Crippen molar-refractivity contribution in [1.82, 2.24) is 0 Å². The molecule has 4 aliphatic heterocycles. The Morgan fingerprint density at radius 2 is 1.69 bits per heavy atom. The van der Waals surface area contributed by atoms with Crippen molar-refractivity contribution in [2.75, 3.05) is 11.9 Å². The Bertz CT molecular complexity index is 1460. The van der Waals surface area contributed by atoms with Crippen LogP contribution in [-0.4, -0.2) is 54.2 Å². The van der Waals surface area contributed by atoms with E-state index in [1.54, 1.807) is 31.0 Å². The van der Waals surface area contributed by atoms with E-state index >= 15 is 0 Å². The van der Waals surface area contributed by atoms with Crippen molar-refractivity contribution in [3.63, 3.8) is 0 Å². The van der Waals surface area contributed by atoms with Crippen LogP contribution in [0.1, 0.15) is 31.1 Å². The minimum absolute atomic E-state index is 0.0731. The van der Waals surface area contributed by atoms with E-state index in [9.17, 15) is 10.1 Å². The number of anilines is 1. The van der Waals surface area contributed by atoms with E-state index in [0.717, 1.165) is 5.56 Å². The largest absolute Gasteiger partial charge is 0.454 e. The van der Waals surface area contributed by atoms with E-state index in [4.69, 9.17) is 33.3 Å². The maximum atomic E-state index is 13.0. The number of hydrogen-bond acceptors (Lipinski definition) is 10. The highest BCUT2D eigenvalue weighted by molar-refractivity contribution is 9.10. The van der Waals surface area contributed by atoms with Gasteiger partial charge in [-0.2, -0.15) is 0 Å². The summed E-state index contributed by atoms with van der Waals surface area (Å²) in [5, 5.41) is 14.6. The van der Waals surface area contributed by atoms with Crippen molar-refractivity contribution in [1.29, 1.82) is 0 Å². The zero-order valence-electron chi connectivity index (χ0n) is 22.8. The molecule has 7 rings (SSSR count). The predicted octanol–water partition coefficient (Wildman–Crippen LogP) is 5.15. The number of ether oxygens (including phenoxy) is 6. The fourth-order valence-corrected chi connectivity index (χ4v) is 6.62. The van der Waals surface area contributed by atoms with Crippen LogP contribution in [0.25, 0.3) is 0 Å². The van der Waals surface area contributed by atoms with Gasteiger partial charge in [0.15, 0.2) is 35.7 Å². The maximum absolute atomic E-state index is 13.0. The average Bonchev–Trinajstić information content (AvgIpc) is 3.73. The van der Waals surface area contributed by atoms with Crippen LogP contribution in [0.5, 0.6) is 11.5 Å². The number of halogens is 1. The molecular formula is C30H29BrN2O9. The van der Waals surface area contributed by atoms with Gasteiger partial charge in [0.1, 0.15) is 18.3 Å². The highest BCUT2D eigenvalue weighted by atomic mass is 79.9. The zero-order valence-corrected chi connectivity index (χ0v) is 24.4. The number of fused-ring (bicyclic) bond motifs is 2. The van der Waals surface area contributed by atoms with Crippen molar-refractivity contribution in [3.8, 4) is 11.5 Å². The van der Waals surface area contributed by atoms with E-state index < -0.39 is 48.6 Å². The number of nitrogens with zero attached hydrogens (tertiary/aromatic N) is 2. The third-order valence-electron chi connectivity index (χ3n) is 7.86. The third kappa shape index (κ3) is 4.91. The molecule has 0 unspecified atom stereocenters. The molecule has 0 saturated carbocycles. The Kier molecular flexibility index (Phi) is 7.08. The number of rotatable bonds is 7. The summed E-state index contributed by atoms with van der Waals surface area (Å²) in [5.74, 6) is 0.145. The van der Waals surface area contributed by atoms with Crippen molar-refractivity contribution in [2.45, 2.75) is 69.0 Å². The first-order valence-corrected chi connectivity index (χ1v) is 14.5. The molecule has 3 saturated heterocycles. The van der Waals surface area contributed by atoms with Crippen LogP contribution in [0.3, 0.4) is 0 Å². The predicted molar refractivity (Wildman–Crippen MR) is 151 cm³/mol. The topological polar surface area (TPSA) is 111 Å². The lowest BCUT2D eigenvalue weighted by atomic mass is 9.91. The average molecular weight is 641 g/mol. The molecule has 0 bridgehead atoms. The highest BCUT2D eigenvalue weighted by Gasteiger charge is 2.65. The van der Waals surface area contributed by atoms with Gasteiger partial charge in [-0.25, -0.2) is 5.06 Å². The summed E-state index contributed by atoms with van der Waals surface area (Å²) in [6.07, 6.45) is -3.90. The second-order valence-electron chi connectivity index (χ2n) is 11.0. The lowest BCUT2D eigenvalue weighted by Crippen LogP contribution is -2.53. The first-order chi connectivity index (χ1) is 20.3. The summed E-state index contributed by atoms with van der Waals surface area (Å²) >= 11 is 3.58. The summed E-state index contributed by atoms with van der Waals surface area (Å²) in [4.78, 5) is 19.2. The quantitative estimate of drug-likeness (QED) is 0.254. The first-order valence-electron chi connectivity index (χ1n) is 13.7. The summed E-state index contributed by atoms with van der Waals surface area (Å²) < 4.78 is 37.0. The van der Waals surface area contributed by atoms with Crippen molar-refractivity contribution < 1.29 is 38.2 Å². The van der Waals surface area contributed by atoms with Crippen molar-refractivity contribution in [3.05, 3.63) is 98.5 Å². The van der Waals surface area contributed by atoms with E-state index in [-0.39, 0.29) is 18.3 Å². The summed E-state index contributed by atoms with van der Waals surface area (Å²) in [5.41, 5.74) is 2.14. The van der Waals surface area contributed by atoms with Gasteiger partial charge >= 0.3 is 0 Å². The standard InChI is InChI=1S/C30H29BrN2O9/c1-30(2)40-28-27(36-15-17-9-5-3-6-10-17)26(39-29(28)41-30)23-24(33(34)35)25(42-32(23)18-11-7-4-8-12-18)19-13-21-22(14-20(19)31)38-16-37-21/h3-14,23-29H,15-16H2,1-2H3/t23-,24+,25-,26+,27-,28+,29+/m0/s1. The van der Waals surface area contributed by atoms with Gasteiger partial charge in [-0.3, -0.25) is 15.0 Å². The van der Waals surface area contributed by atoms with Crippen LogP contribution in [0.15, 0.2) is 77.3 Å². The van der Waals surface area contributed by atoms with Crippen molar-refractivity contribution >= 4 is 21.6 Å². The first kappa shape index (κ1) is 27.6. The summed E-state index contributed by atoms with van der Waals surface area (Å²) in [7, 11) is 0. The number of hydroxylamine groups is 1. The Balaban J connectivity index is 1.29. The smallest absolute Gasteiger partial charge is 0.270 e. The van der Waals surface area contributed by atoms with Crippen molar-refractivity contribution in [2.24, 2.45) is 0 Å². The molecule has 3 aromatic carbocycles. The molecule has 0 spiro atoms. The van der Waals surface area contributed by atoms with Gasteiger partial charge in [0.2, 0.25) is 6.79 Å². The Morgan fingerprint density at radius 1 is 1.00 bits per heavy atom. The van der Waals surface area contributed by atoms with Crippen LogP contribution in [0, 0.1) is 10.1 Å². The van der Waals surface area contributed by atoms with Gasteiger partial charge in [0.05, 0.1) is 12.3 Å². The van der Waals surface area contributed by atoms with Gasteiger partial charge < -0.3 is 28.4 Å². The second kappa shape index (κ2) is 10.8. The van der Waals surface area contributed by atoms with Gasteiger partial charge in [-0.15, -0.1) is 0 Å². The van der Waals surface area contributed by atoms with Gasteiger partial charge in [-0.05, 0) is 43.7 Å². The number of benzene rings is 3. The van der Waals surface area contributed by atoms with Crippen LogP contribution in [0.2, 0.25) is 0 Å². The number of nitro groups is 1. The highest BCUT2D eigenvalue weighted by Crippen LogP contribution is 2.49. The molecule has 4 aliphatic rings. The molecule has 0 N–H and O–H groups in total. The normalized spacial score (nSPS) is 30.9. The van der Waals surface area contributed by atoms with Gasteiger partial charge in [-0.1, -0.05) is 64.5 Å². The Labute approximate surface area is 250 Å². The minimum Gasteiger partial charge on any atom is -0.454 e. The number of para-hydroxylation sites is 1. The molecule has 42 heavy (non-hydrogen) atoms. The zero-order chi connectivity index (χ0) is 29.0. The molecule has 220 valence electrons. The SMILES string of the molecule is CC1(C)O[C@H]2O[C@H]([C@@H]3[C@@H]([N+](=O)[O-])[C@H](c4cc5c(cc4Br)OCO5)ON3c3ccccc3)[C@H](OCc3ccccc3)[C@H]2O1. The van der Waals surface area contributed by atoms with E-state index in [1.807, 2.05) is 60.7 Å². The molecule has 4 heterocycles. The number of hydrogen-bond donors (Lipinski definition) is 0. The monoisotopic (exact) mass is 640 g/mol. The Morgan fingerprint density at radius 3 is 2.40 bits per heavy atom. The third-order valence-corrected chi connectivity index (χ3v) is 8.55. The van der Waals surface area contributed by atoms with Crippen LogP contribution >= 0.6 is 15.9 Å². The van der Waals surface area contributed by atoms with Crippen LogP contribution in [-0.2, 0) is 30.4 Å². The lowest BCUT2D eigenvalue weighted by molar-refractivity contribution is -0.532. The van der Waals surface area contributed by atoms with E-state index in [2.05, 4.69) is 15.9 Å². The molecule has 0 aliphatic carbocycles. The van der Waals surface area contributed by atoms with Gasteiger partial charge in [0, 0.05) is 15.0 Å². The molecule has 0 amide bonds. The molecule has 11 nitrogen and oxygen atoms in total. The molecular weight excluding hydrogens is 612 g/mol. The Hall–Kier alpha value is -3.26. The summed E-state index contributed by atoms with van der Waals surface area (Å²) in [6, 6.07) is 20.3. The second-order valence-corrected chi connectivity index (χ2v) is 11.9. The molecule has 3 fully saturated rings. The maximum Gasteiger partial charge on any atom is 0.270 e. The molecule has 0 aromatic heterocycles. The van der Waals surface area contributed by atoms with Crippen LogP contribution < -0.4 is 14.5 Å². The van der Waals surface area contributed by atoms with E-state index in [0.29, 0.717) is 27.2 Å². The minimum atomic E-state index is -1.26. The molecule has 7 atom stereocenters. The molecule has 0 radical (unpaired) electrons. The van der Waals surface area contributed by atoms with Crippen LogP contribution in [0.4, 0.5) is 5.69 Å². The fourth-order valence-electron chi connectivity index (χ4n) is 6.07. The van der Waals surface area contributed by atoms with Gasteiger partial charge in [0.25, 0.3) is 6.04 Å². The van der Waals surface area contributed by atoms with E-state index in [1.165, 1.54) is 0 Å². The fraction of sp³-hybridized carbons (Fsp3) is 0.400. The lowest BCUT2D eigenvalue weighted by Gasteiger charge is -2.33. The summed E-state index contributed by atoms with van der Waals surface area (Å²) in [6.45, 7) is 3.95. The molecule has 3 aromatic rings.